The van der Waals surface area contributed by atoms with Crippen molar-refractivity contribution in [1.82, 2.24) is 15.2 Å². The molecule has 0 bridgehead atoms. The molecule has 0 saturated heterocycles. The normalized spacial score (nSPS) is 12.7. The maximum atomic E-state index is 12.1. The molecule has 2 atom stereocenters. The van der Waals surface area contributed by atoms with Gasteiger partial charge in [0.15, 0.2) is 11.3 Å². The second kappa shape index (κ2) is 25.2. The quantitative estimate of drug-likeness (QED) is 0.0774. The van der Waals surface area contributed by atoms with Crippen LogP contribution in [0.5, 0.6) is 5.88 Å². The van der Waals surface area contributed by atoms with Gasteiger partial charge in [-0.2, -0.15) is 0 Å². The first kappa shape index (κ1) is 38.6. The molecule has 0 aliphatic heterocycles. The highest BCUT2D eigenvalue weighted by atomic mass is 16.5. The average Bonchev–Trinajstić information content (AvgIpc) is 3.08. The van der Waals surface area contributed by atoms with E-state index >= 15 is 0 Å². The lowest BCUT2D eigenvalue weighted by atomic mass is 9.90. The van der Waals surface area contributed by atoms with Crippen LogP contribution in [0.25, 0.3) is 0 Å². The first-order valence-corrected chi connectivity index (χ1v) is 19.0. The Kier molecular flexibility index (Phi) is 20.6. The number of aromatic nitrogens is 1. The van der Waals surface area contributed by atoms with E-state index in [0.29, 0.717) is 11.8 Å². The summed E-state index contributed by atoms with van der Waals surface area (Å²) in [4.78, 5) is 17.7. The number of unbranched alkanes of at least 4 members (excludes halogenated alkanes) is 13. The van der Waals surface area contributed by atoms with E-state index in [1.807, 2.05) is 0 Å². The number of hydrogen-bond acceptors (Lipinski definition) is 4. The highest BCUT2D eigenvalue weighted by molar-refractivity contribution is 5.17. The van der Waals surface area contributed by atoms with Crippen LogP contribution in [-0.2, 0) is 13.0 Å². The molecule has 0 saturated carbocycles. The van der Waals surface area contributed by atoms with Crippen molar-refractivity contribution < 1.29 is 4.74 Å². The predicted molar refractivity (Wildman–Crippen MR) is 200 cm³/mol. The Morgan fingerprint density at radius 1 is 0.723 bits per heavy atom. The number of hydrogen-bond donors (Lipinski definition) is 2. The van der Waals surface area contributed by atoms with Crippen LogP contribution in [0.15, 0.2) is 83.8 Å². The van der Waals surface area contributed by atoms with E-state index < -0.39 is 0 Å². The van der Waals surface area contributed by atoms with Gasteiger partial charge in [0, 0.05) is 43.8 Å². The van der Waals surface area contributed by atoms with Gasteiger partial charge >= 0.3 is 0 Å². The van der Waals surface area contributed by atoms with Gasteiger partial charge in [0.1, 0.15) is 6.10 Å². The Labute approximate surface area is 286 Å². The highest BCUT2D eigenvalue weighted by Crippen LogP contribution is 2.23. The van der Waals surface area contributed by atoms with Gasteiger partial charge in [-0.25, -0.2) is 0 Å². The molecule has 5 nitrogen and oxygen atoms in total. The topological polar surface area (TPSA) is 57.4 Å². The molecular weight excluding hydrogens is 578 g/mol. The van der Waals surface area contributed by atoms with Crippen molar-refractivity contribution in [2.24, 2.45) is 5.92 Å². The molecule has 260 valence electrons. The molecule has 5 heteroatoms. The van der Waals surface area contributed by atoms with Gasteiger partial charge in [-0.3, -0.25) is 4.79 Å². The van der Waals surface area contributed by atoms with Gasteiger partial charge in [-0.1, -0.05) is 157 Å². The molecule has 1 heterocycles. The maximum Gasteiger partial charge on any atom is 0.194 e. The molecule has 0 fully saturated rings. The maximum absolute atomic E-state index is 12.1. The van der Waals surface area contributed by atoms with Crippen molar-refractivity contribution >= 4 is 0 Å². The third-order valence-electron chi connectivity index (χ3n) is 9.35. The summed E-state index contributed by atoms with van der Waals surface area (Å²) in [7, 11) is 2.20. The van der Waals surface area contributed by atoms with Crippen molar-refractivity contribution in [2.75, 3.05) is 26.7 Å². The van der Waals surface area contributed by atoms with Gasteiger partial charge in [-0.05, 0) is 44.1 Å². The molecular formula is C42H65N3O2. The van der Waals surface area contributed by atoms with Crippen LogP contribution in [0, 0.1) is 5.92 Å². The van der Waals surface area contributed by atoms with E-state index in [1.54, 1.807) is 18.3 Å². The summed E-state index contributed by atoms with van der Waals surface area (Å²) in [6.07, 6.45) is 23.9. The smallest absolute Gasteiger partial charge is 0.194 e. The van der Waals surface area contributed by atoms with Gasteiger partial charge < -0.3 is 19.9 Å². The SMILES string of the molecule is CCCCCCCCCCCCCCCCC(CNCCCN(C)Cc1ccccc1)C(Cc1ccccc1)Oc1cc(=O)cc[nH]1. The fraction of sp³-hybridized carbons (Fsp3) is 0.595. The number of rotatable bonds is 28. The standard InChI is InChI=1S/C42H65N3O2/c1-3-4-5-6-7-8-9-10-11-12-13-14-15-22-28-39(35-43-30-23-32-45(2)36-38-26-20-17-21-27-38)41(33-37-24-18-16-19-25-37)47-42-34-40(46)29-31-44-42/h16-21,24-27,29,31,34,39,41,43H,3-15,22-23,28,30,32-33,35-36H2,1-2H3,(H,44,46). The molecule has 0 aliphatic carbocycles. The largest absolute Gasteiger partial charge is 0.475 e. The van der Waals surface area contributed by atoms with Crippen LogP contribution >= 0.6 is 0 Å². The Balaban J connectivity index is 1.46. The summed E-state index contributed by atoms with van der Waals surface area (Å²) < 4.78 is 6.59. The van der Waals surface area contributed by atoms with E-state index in [2.05, 4.69) is 89.8 Å². The number of H-pyrrole nitrogens is 1. The zero-order valence-electron chi connectivity index (χ0n) is 29.8. The van der Waals surface area contributed by atoms with Crippen molar-refractivity contribution in [3.05, 3.63) is 100 Å². The molecule has 47 heavy (non-hydrogen) atoms. The molecule has 0 amide bonds. The fourth-order valence-corrected chi connectivity index (χ4v) is 6.56. The highest BCUT2D eigenvalue weighted by Gasteiger charge is 2.24. The van der Waals surface area contributed by atoms with Crippen LogP contribution in [0.3, 0.4) is 0 Å². The van der Waals surface area contributed by atoms with Gasteiger partial charge in [0.25, 0.3) is 0 Å². The number of pyridine rings is 1. The number of aromatic amines is 1. The second-order valence-electron chi connectivity index (χ2n) is 13.7. The monoisotopic (exact) mass is 644 g/mol. The Bertz CT molecular complexity index is 1200. The van der Waals surface area contributed by atoms with Crippen molar-refractivity contribution in [3.63, 3.8) is 0 Å². The van der Waals surface area contributed by atoms with Gasteiger partial charge in [-0.15, -0.1) is 0 Å². The minimum atomic E-state index is -0.0292. The number of nitrogens with zero attached hydrogens (tertiary/aromatic N) is 1. The third kappa shape index (κ3) is 18.3. The van der Waals surface area contributed by atoms with E-state index in [-0.39, 0.29) is 11.5 Å². The van der Waals surface area contributed by atoms with E-state index in [0.717, 1.165) is 45.4 Å². The molecule has 2 aromatic carbocycles. The van der Waals surface area contributed by atoms with Crippen LogP contribution in [0.4, 0.5) is 0 Å². The zero-order chi connectivity index (χ0) is 33.2. The second-order valence-corrected chi connectivity index (χ2v) is 13.7. The van der Waals surface area contributed by atoms with E-state index in [4.69, 9.17) is 4.74 Å². The summed E-state index contributed by atoms with van der Waals surface area (Å²) in [6.45, 7) is 6.22. The molecule has 2 N–H and O–H groups in total. The van der Waals surface area contributed by atoms with E-state index in [1.165, 1.54) is 101 Å². The summed E-state index contributed by atoms with van der Waals surface area (Å²) in [5.74, 6) is 0.908. The van der Waals surface area contributed by atoms with Crippen LogP contribution in [0.1, 0.15) is 121 Å². The molecule has 0 aliphatic rings. The van der Waals surface area contributed by atoms with Crippen LogP contribution in [0.2, 0.25) is 0 Å². The predicted octanol–water partition coefficient (Wildman–Crippen LogP) is 9.96. The molecule has 1 aromatic heterocycles. The summed E-state index contributed by atoms with van der Waals surface area (Å²) in [5, 5.41) is 3.79. The minimum Gasteiger partial charge on any atom is -0.475 e. The summed E-state index contributed by atoms with van der Waals surface area (Å²) >= 11 is 0. The lowest BCUT2D eigenvalue weighted by Crippen LogP contribution is -2.38. The Hall–Kier alpha value is -2.89. The third-order valence-corrected chi connectivity index (χ3v) is 9.35. The molecule has 0 spiro atoms. The molecule has 3 aromatic rings. The summed E-state index contributed by atoms with van der Waals surface area (Å²) in [6, 6.07) is 24.5. The number of ether oxygens (including phenoxy) is 1. The zero-order valence-corrected chi connectivity index (χ0v) is 29.8. The summed E-state index contributed by atoms with van der Waals surface area (Å²) in [5.41, 5.74) is 2.60. The Morgan fingerprint density at radius 3 is 1.89 bits per heavy atom. The minimum absolute atomic E-state index is 0.0225. The average molecular weight is 644 g/mol. The molecule has 2 unspecified atom stereocenters. The van der Waals surface area contributed by atoms with Gasteiger partial charge in [0.05, 0.1) is 0 Å². The van der Waals surface area contributed by atoms with Crippen molar-refractivity contribution in [2.45, 2.75) is 129 Å². The number of nitrogens with one attached hydrogen (secondary N) is 2. The lowest BCUT2D eigenvalue weighted by Gasteiger charge is -2.29. The number of benzene rings is 2. The Morgan fingerprint density at radius 2 is 1.30 bits per heavy atom. The fourth-order valence-electron chi connectivity index (χ4n) is 6.56. The van der Waals surface area contributed by atoms with Crippen LogP contribution < -0.4 is 15.5 Å². The van der Waals surface area contributed by atoms with Crippen molar-refractivity contribution in [1.29, 1.82) is 0 Å². The molecule has 0 radical (unpaired) electrons. The van der Waals surface area contributed by atoms with Crippen molar-refractivity contribution in [3.8, 4) is 5.88 Å². The van der Waals surface area contributed by atoms with E-state index in [9.17, 15) is 4.79 Å². The lowest BCUT2D eigenvalue weighted by molar-refractivity contribution is 0.118. The van der Waals surface area contributed by atoms with Crippen LogP contribution in [-0.4, -0.2) is 42.7 Å². The first-order valence-electron chi connectivity index (χ1n) is 19.0. The van der Waals surface area contributed by atoms with Gasteiger partial charge in [0.2, 0.25) is 0 Å². The first-order chi connectivity index (χ1) is 23.1. The molecule has 3 rings (SSSR count).